The smallest absolute Gasteiger partial charge is 0.252 e. The van der Waals surface area contributed by atoms with Crippen molar-refractivity contribution in [3.05, 3.63) is 89.2 Å². The molecule has 0 spiro atoms. The maximum atomic E-state index is 12.1. The number of fused-ring (bicyclic) bond motifs is 1. The Labute approximate surface area is 138 Å². The normalized spacial score (nSPS) is 10.7. The van der Waals surface area contributed by atoms with Gasteiger partial charge in [0.2, 0.25) is 5.95 Å². The monoisotopic (exact) mass is 313 g/mol. The fourth-order valence-electron chi connectivity index (χ4n) is 2.76. The van der Waals surface area contributed by atoms with Gasteiger partial charge in [0.05, 0.1) is 5.69 Å². The van der Waals surface area contributed by atoms with Crippen LogP contribution in [-0.2, 0) is 0 Å². The van der Waals surface area contributed by atoms with Crippen LogP contribution in [-0.4, -0.2) is 9.97 Å². The van der Waals surface area contributed by atoms with Crippen molar-refractivity contribution in [3.63, 3.8) is 0 Å². The Bertz CT molecular complexity index is 1050. The minimum Gasteiger partial charge on any atom is -0.326 e. The summed E-state index contributed by atoms with van der Waals surface area (Å²) in [4.78, 5) is 19.4. The number of aromatic nitrogens is 2. The largest absolute Gasteiger partial charge is 0.326 e. The minimum atomic E-state index is -0.189. The molecule has 3 aromatic carbocycles. The van der Waals surface area contributed by atoms with Gasteiger partial charge in [0, 0.05) is 17.3 Å². The summed E-state index contributed by atoms with van der Waals surface area (Å²) in [7, 11) is 0. The number of anilines is 2. The van der Waals surface area contributed by atoms with E-state index in [2.05, 4.69) is 27.4 Å². The molecular formula is C20H15N3O. The van der Waals surface area contributed by atoms with E-state index in [9.17, 15) is 4.79 Å². The van der Waals surface area contributed by atoms with E-state index in [0.29, 0.717) is 11.6 Å². The average molecular weight is 313 g/mol. The highest BCUT2D eigenvalue weighted by Crippen LogP contribution is 2.27. The molecule has 0 saturated carbocycles. The van der Waals surface area contributed by atoms with Crippen molar-refractivity contribution in [2.75, 3.05) is 5.32 Å². The van der Waals surface area contributed by atoms with E-state index in [-0.39, 0.29) is 5.56 Å². The van der Waals surface area contributed by atoms with Gasteiger partial charge in [-0.25, -0.2) is 4.98 Å². The summed E-state index contributed by atoms with van der Waals surface area (Å²) in [5.74, 6) is 0.427. The summed E-state index contributed by atoms with van der Waals surface area (Å²) in [5.41, 5.74) is 2.27. The van der Waals surface area contributed by atoms with E-state index in [4.69, 9.17) is 0 Å². The standard InChI is InChI=1S/C20H15N3O/c24-19-13-18(17-12-6-8-14-7-4-5-11-16(14)17)22-20(23-19)21-15-9-2-1-3-10-15/h1-13H,(H2,21,22,23,24). The quantitative estimate of drug-likeness (QED) is 0.592. The van der Waals surface area contributed by atoms with Gasteiger partial charge in [-0.3, -0.25) is 9.78 Å². The van der Waals surface area contributed by atoms with Gasteiger partial charge in [0.1, 0.15) is 0 Å². The van der Waals surface area contributed by atoms with E-state index < -0.39 is 0 Å². The zero-order valence-corrected chi connectivity index (χ0v) is 12.9. The molecule has 0 aliphatic rings. The molecule has 0 amide bonds. The van der Waals surface area contributed by atoms with Gasteiger partial charge in [0.25, 0.3) is 5.56 Å². The van der Waals surface area contributed by atoms with Crippen molar-refractivity contribution in [2.45, 2.75) is 0 Å². The lowest BCUT2D eigenvalue weighted by atomic mass is 10.0. The molecule has 4 aromatic rings. The van der Waals surface area contributed by atoms with Crippen molar-refractivity contribution in [2.24, 2.45) is 0 Å². The van der Waals surface area contributed by atoms with Crippen LogP contribution in [0, 0.1) is 0 Å². The molecule has 0 radical (unpaired) electrons. The third-order valence-corrected chi connectivity index (χ3v) is 3.84. The van der Waals surface area contributed by atoms with E-state index in [1.165, 1.54) is 6.07 Å². The molecule has 4 nitrogen and oxygen atoms in total. The Hall–Kier alpha value is -3.40. The number of nitrogens with one attached hydrogen (secondary N) is 2. The van der Waals surface area contributed by atoms with E-state index >= 15 is 0 Å². The summed E-state index contributed by atoms with van der Waals surface area (Å²) in [5, 5.41) is 5.33. The fourth-order valence-corrected chi connectivity index (χ4v) is 2.76. The Kier molecular flexibility index (Phi) is 3.56. The second kappa shape index (κ2) is 6.01. The van der Waals surface area contributed by atoms with Crippen LogP contribution in [0.25, 0.3) is 22.0 Å². The zero-order valence-electron chi connectivity index (χ0n) is 12.9. The van der Waals surface area contributed by atoms with Crippen LogP contribution < -0.4 is 10.9 Å². The molecule has 2 N–H and O–H groups in total. The topological polar surface area (TPSA) is 57.8 Å². The van der Waals surface area contributed by atoms with Crippen LogP contribution in [0.1, 0.15) is 0 Å². The maximum absolute atomic E-state index is 12.1. The van der Waals surface area contributed by atoms with Gasteiger partial charge in [-0.15, -0.1) is 0 Å². The zero-order chi connectivity index (χ0) is 16.4. The highest BCUT2D eigenvalue weighted by Gasteiger charge is 2.08. The van der Waals surface area contributed by atoms with Crippen LogP contribution in [0.4, 0.5) is 11.6 Å². The van der Waals surface area contributed by atoms with Gasteiger partial charge in [-0.1, -0.05) is 60.7 Å². The van der Waals surface area contributed by atoms with E-state index in [1.807, 2.05) is 60.7 Å². The minimum absolute atomic E-state index is 0.189. The third kappa shape index (κ3) is 2.77. The Morgan fingerprint density at radius 2 is 1.58 bits per heavy atom. The average Bonchev–Trinajstić information content (AvgIpc) is 2.61. The number of benzene rings is 3. The Morgan fingerprint density at radius 1 is 0.833 bits per heavy atom. The predicted molar refractivity (Wildman–Crippen MR) is 97.5 cm³/mol. The van der Waals surface area contributed by atoms with Gasteiger partial charge >= 0.3 is 0 Å². The first kappa shape index (κ1) is 14.2. The molecule has 1 heterocycles. The van der Waals surface area contributed by atoms with Crippen LogP contribution >= 0.6 is 0 Å². The molecule has 116 valence electrons. The summed E-state index contributed by atoms with van der Waals surface area (Å²) >= 11 is 0. The van der Waals surface area contributed by atoms with Crippen molar-refractivity contribution < 1.29 is 0 Å². The number of nitrogens with zero attached hydrogens (tertiary/aromatic N) is 1. The van der Waals surface area contributed by atoms with E-state index in [0.717, 1.165) is 22.0 Å². The molecule has 0 atom stereocenters. The molecule has 0 bridgehead atoms. The summed E-state index contributed by atoms with van der Waals surface area (Å²) in [6.45, 7) is 0. The summed E-state index contributed by atoms with van der Waals surface area (Å²) < 4.78 is 0. The van der Waals surface area contributed by atoms with Gasteiger partial charge in [-0.05, 0) is 22.9 Å². The highest BCUT2D eigenvalue weighted by molar-refractivity contribution is 5.95. The third-order valence-electron chi connectivity index (χ3n) is 3.84. The summed E-state index contributed by atoms with van der Waals surface area (Å²) in [6.07, 6.45) is 0. The molecule has 0 aliphatic heterocycles. The van der Waals surface area contributed by atoms with E-state index in [1.54, 1.807) is 0 Å². The first-order valence-electron chi connectivity index (χ1n) is 7.71. The number of H-pyrrole nitrogens is 1. The highest BCUT2D eigenvalue weighted by atomic mass is 16.1. The van der Waals surface area contributed by atoms with Crippen LogP contribution in [0.15, 0.2) is 83.7 Å². The predicted octanol–water partition coefficient (Wildman–Crippen LogP) is 4.33. The lowest BCUT2D eigenvalue weighted by Crippen LogP contribution is -2.10. The first-order chi connectivity index (χ1) is 11.8. The second-order valence-electron chi connectivity index (χ2n) is 5.50. The number of aromatic amines is 1. The van der Waals surface area contributed by atoms with Crippen molar-refractivity contribution in [1.82, 2.24) is 9.97 Å². The maximum Gasteiger partial charge on any atom is 0.252 e. The fraction of sp³-hybridized carbons (Fsp3) is 0. The van der Waals surface area contributed by atoms with Crippen molar-refractivity contribution in [3.8, 4) is 11.3 Å². The number of hydrogen-bond donors (Lipinski definition) is 2. The van der Waals surface area contributed by atoms with Gasteiger partial charge in [0.15, 0.2) is 0 Å². The second-order valence-corrected chi connectivity index (χ2v) is 5.50. The van der Waals surface area contributed by atoms with Gasteiger partial charge in [-0.2, -0.15) is 0 Å². The number of para-hydroxylation sites is 1. The van der Waals surface area contributed by atoms with Crippen molar-refractivity contribution in [1.29, 1.82) is 0 Å². The van der Waals surface area contributed by atoms with Crippen LogP contribution in [0.5, 0.6) is 0 Å². The summed E-state index contributed by atoms with van der Waals surface area (Å²) in [6, 6.07) is 25.2. The molecule has 4 rings (SSSR count). The Morgan fingerprint density at radius 3 is 2.46 bits per heavy atom. The molecule has 0 unspecified atom stereocenters. The molecule has 0 fully saturated rings. The van der Waals surface area contributed by atoms with Crippen LogP contribution in [0.2, 0.25) is 0 Å². The number of hydrogen-bond acceptors (Lipinski definition) is 3. The lowest BCUT2D eigenvalue weighted by molar-refractivity contribution is 1.13. The first-order valence-corrected chi connectivity index (χ1v) is 7.71. The lowest BCUT2D eigenvalue weighted by Gasteiger charge is -2.09. The SMILES string of the molecule is O=c1cc(-c2cccc3ccccc23)nc(Nc2ccccc2)[nH]1. The Balaban J connectivity index is 1.82. The molecule has 4 heteroatoms. The molecule has 24 heavy (non-hydrogen) atoms. The molecular weight excluding hydrogens is 298 g/mol. The number of rotatable bonds is 3. The molecule has 0 saturated heterocycles. The van der Waals surface area contributed by atoms with Crippen LogP contribution in [0.3, 0.4) is 0 Å². The van der Waals surface area contributed by atoms with Crippen molar-refractivity contribution >= 4 is 22.4 Å². The van der Waals surface area contributed by atoms with Gasteiger partial charge < -0.3 is 5.32 Å². The molecule has 1 aromatic heterocycles. The molecule has 0 aliphatic carbocycles.